The molecule has 0 atom stereocenters. The van der Waals surface area contributed by atoms with Crippen LogP contribution in [0.5, 0.6) is 0 Å². The van der Waals surface area contributed by atoms with Crippen LogP contribution in [0.1, 0.15) is 18.7 Å². The minimum Gasteiger partial charge on any atom is -0.301 e. The molecule has 5 nitrogen and oxygen atoms in total. The third-order valence-corrected chi connectivity index (χ3v) is 8.04. The van der Waals surface area contributed by atoms with Crippen molar-refractivity contribution in [2.45, 2.75) is 30.4 Å². The van der Waals surface area contributed by atoms with E-state index in [4.69, 9.17) is 11.6 Å². The van der Waals surface area contributed by atoms with E-state index in [-0.39, 0.29) is 15.8 Å². The quantitative estimate of drug-likeness (QED) is 0.584. The van der Waals surface area contributed by atoms with Crippen LogP contribution in [0.15, 0.2) is 53.4 Å². The van der Waals surface area contributed by atoms with E-state index in [9.17, 15) is 17.6 Å². The highest BCUT2D eigenvalue weighted by atomic mass is 35.5. The number of sulfone groups is 1. The van der Waals surface area contributed by atoms with Gasteiger partial charge >= 0.3 is 0 Å². The molecule has 0 radical (unpaired) electrons. The molecule has 0 saturated heterocycles. The normalized spacial score (nSPS) is 12.0. The fraction of sp³-hybridized carbons (Fsp3) is 0.200. The fourth-order valence-electron chi connectivity index (χ4n) is 2.60. The molecule has 0 unspecified atom stereocenters. The van der Waals surface area contributed by atoms with Gasteiger partial charge in [0.05, 0.1) is 10.6 Å². The largest absolute Gasteiger partial charge is 0.301 e. The summed E-state index contributed by atoms with van der Waals surface area (Å²) in [6, 6.07) is 11.5. The zero-order valence-corrected chi connectivity index (χ0v) is 18.3. The summed E-state index contributed by atoms with van der Waals surface area (Å²) in [6.45, 7) is 4.50. The number of hydrogen-bond acceptors (Lipinski definition) is 5. The third-order valence-electron chi connectivity index (χ3n) is 4.48. The average Bonchev–Trinajstić information content (AvgIpc) is 3.02. The second-order valence-corrected chi connectivity index (χ2v) is 11.0. The molecule has 9 heteroatoms. The third kappa shape index (κ3) is 4.19. The van der Waals surface area contributed by atoms with Crippen molar-refractivity contribution in [1.29, 1.82) is 0 Å². The van der Waals surface area contributed by atoms with Crippen LogP contribution in [0.4, 0.5) is 9.52 Å². The number of aryl methyl sites for hydroxylation is 1. The Labute approximate surface area is 177 Å². The van der Waals surface area contributed by atoms with E-state index in [1.807, 2.05) is 6.92 Å². The summed E-state index contributed by atoms with van der Waals surface area (Å²) < 4.78 is 37.3. The molecular weight excluding hydrogens is 435 g/mol. The van der Waals surface area contributed by atoms with Gasteiger partial charge < -0.3 is 5.32 Å². The van der Waals surface area contributed by atoms with Crippen molar-refractivity contribution in [3.63, 3.8) is 0 Å². The van der Waals surface area contributed by atoms with Gasteiger partial charge in [0.15, 0.2) is 15.0 Å². The van der Waals surface area contributed by atoms with E-state index < -0.39 is 20.5 Å². The zero-order chi connectivity index (χ0) is 21.4. The number of nitrogens with one attached hydrogen (secondary N) is 1. The first-order chi connectivity index (χ1) is 13.5. The Balaban J connectivity index is 1.86. The molecule has 29 heavy (non-hydrogen) atoms. The maximum atomic E-state index is 13.1. The number of carbonyl (C=O) groups is 1. The predicted molar refractivity (Wildman–Crippen MR) is 114 cm³/mol. The Hall–Kier alpha value is -2.29. The number of benzene rings is 2. The Morgan fingerprint density at radius 3 is 2.28 bits per heavy atom. The van der Waals surface area contributed by atoms with Crippen LogP contribution in [0.2, 0.25) is 5.02 Å². The van der Waals surface area contributed by atoms with Crippen LogP contribution in [-0.4, -0.2) is 24.1 Å². The number of amides is 1. The van der Waals surface area contributed by atoms with Crippen LogP contribution in [0.3, 0.4) is 0 Å². The number of anilines is 1. The molecule has 2 aromatic carbocycles. The molecule has 0 aliphatic rings. The number of aromatic nitrogens is 1. The summed E-state index contributed by atoms with van der Waals surface area (Å²) in [5.74, 6) is -1.06. The Kier molecular flexibility index (Phi) is 5.80. The van der Waals surface area contributed by atoms with E-state index in [1.54, 1.807) is 12.1 Å². The van der Waals surface area contributed by atoms with Crippen molar-refractivity contribution in [3.8, 4) is 11.3 Å². The van der Waals surface area contributed by atoms with Crippen molar-refractivity contribution in [2.24, 2.45) is 0 Å². The molecule has 0 spiro atoms. The molecule has 3 aromatic rings. The van der Waals surface area contributed by atoms with Gasteiger partial charge in [-0.2, -0.15) is 0 Å². The van der Waals surface area contributed by atoms with E-state index in [0.29, 0.717) is 16.3 Å². The molecule has 1 amide bonds. The van der Waals surface area contributed by atoms with Crippen LogP contribution in [0, 0.1) is 12.7 Å². The number of nitrogens with zero attached hydrogens (tertiary/aromatic N) is 1. The van der Waals surface area contributed by atoms with E-state index >= 15 is 0 Å². The Morgan fingerprint density at radius 2 is 1.69 bits per heavy atom. The van der Waals surface area contributed by atoms with E-state index in [0.717, 1.165) is 4.88 Å². The first-order valence-electron chi connectivity index (χ1n) is 8.57. The molecule has 0 fully saturated rings. The lowest BCUT2D eigenvalue weighted by atomic mass is 10.1. The Morgan fingerprint density at radius 1 is 1.10 bits per heavy atom. The standard InChI is InChI=1S/C20H18ClFN2O3S2/c1-12-17(13-4-8-15(22)9-5-13)23-19(28-12)24-18(25)20(2,3)29(26,27)16-10-6-14(21)7-11-16/h4-11H,1-3H3,(H,23,24,25). The summed E-state index contributed by atoms with van der Waals surface area (Å²) >= 11 is 7.04. The SMILES string of the molecule is Cc1sc(NC(=O)C(C)(C)S(=O)(=O)c2ccc(Cl)cc2)nc1-c1ccc(F)cc1. The van der Waals surface area contributed by atoms with Crippen molar-refractivity contribution < 1.29 is 17.6 Å². The Bertz CT molecular complexity index is 1160. The molecule has 3 rings (SSSR count). The fourth-order valence-corrected chi connectivity index (χ4v) is 4.94. The summed E-state index contributed by atoms with van der Waals surface area (Å²) in [5, 5.41) is 3.27. The van der Waals surface area contributed by atoms with Gasteiger partial charge in [-0.05, 0) is 69.3 Å². The minimum atomic E-state index is -3.97. The second-order valence-electron chi connectivity index (χ2n) is 6.85. The van der Waals surface area contributed by atoms with Crippen LogP contribution in [0.25, 0.3) is 11.3 Å². The molecule has 0 saturated carbocycles. The number of thiazole rings is 1. The first-order valence-corrected chi connectivity index (χ1v) is 11.2. The molecule has 1 aromatic heterocycles. The van der Waals surface area contributed by atoms with Gasteiger partial charge in [-0.3, -0.25) is 4.79 Å². The monoisotopic (exact) mass is 452 g/mol. The van der Waals surface area contributed by atoms with Gasteiger partial charge in [0.1, 0.15) is 10.6 Å². The molecule has 152 valence electrons. The molecular formula is C20H18ClFN2O3S2. The number of hydrogen-bond donors (Lipinski definition) is 1. The smallest absolute Gasteiger partial charge is 0.247 e. The average molecular weight is 453 g/mol. The van der Waals surface area contributed by atoms with Crippen LogP contribution in [-0.2, 0) is 14.6 Å². The number of carbonyl (C=O) groups excluding carboxylic acids is 1. The lowest BCUT2D eigenvalue weighted by molar-refractivity contribution is -0.117. The van der Waals surface area contributed by atoms with Gasteiger partial charge in [-0.15, -0.1) is 11.3 Å². The highest BCUT2D eigenvalue weighted by molar-refractivity contribution is 7.93. The van der Waals surface area contributed by atoms with Crippen molar-refractivity contribution >= 4 is 43.8 Å². The van der Waals surface area contributed by atoms with Crippen molar-refractivity contribution in [1.82, 2.24) is 4.98 Å². The summed E-state index contributed by atoms with van der Waals surface area (Å²) in [7, 11) is -3.97. The van der Waals surface area contributed by atoms with Crippen molar-refractivity contribution in [2.75, 3.05) is 5.32 Å². The van der Waals surface area contributed by atoms with Gasteiger partial charge in [0.2, 0.25) is 5.91 Å². The molecule has 0 aliphatic carbocycles. The highest BCUT2D eigenvalue weighted by Crippen LogP contribution is 2.32. The maximum absolute atomic E-state index is 13.1. The van der Waals surface area contributed by atoms with Crippen LogP contribution < -0.4 is 5.32 Å². The van der Waals surface area contributed by atoms with E-state index in [2.05, 4.69) is 10.3 Å². The zero-order valence-electron chi connectivity index (χ0n) is 15.9. The predicted octanol–water partition coefficient (Wildman–Crippen LogP) is 5.10. The number of halogens is 2. The maximum Gasteiger partial charge on any atom is 0.247 e. The minimum absolute atomic E-state index is 0.00405. The first kappa shape index (κ1) is 21.4. The molecule has 0 aliphatic heterocycles. The molecule has 1 N–H and O–H groups in total. The summed E-state index contributed by atoms with van der Waals surface area (Å²) in [6.07, 6.45) is 0. The van der Waals surface area contributed by atoms with Gasteiger partial charge in [-0.1, -0.05) is 11.6 Å². The lowest BCUT2D eigenvalue weighted by Crippen LogP contribution is -2.44. The van der Waals surface area contributed by atoms with Gasteiger partial charge in [0, 0.05) is 15.5 Å². The molecule has 1 heterocycles. The highest BCUT2D eigenvalue weighted by Gasteiger charge is 2.43. The van der Waals surface area contributed by atoms with E-state index in [1.165, 1.54) is 61.6 Å². The second kappa shape index (κ2) is 7.85. The summed E-state index contributed by atoms with van der Waals surface area (Å²) in [5.41, 5.74) is 1.30. The number of rotatable bonds is 5. The lowest BCUT2D eigenvalue weighted by Gasteiger charge is -2.23. The topological polar surface area (TPSA) is 76.1 Å². The van der Waals surface area contributed by atoms with Gasteiger partial charge in [0.25, 0.3) is 0 Å². The van der Waals surface area contributed by atoms with Crippen LogP contribution >= 0.6 is 22.9 Å². The molecule has 0 bridgehead atoms. The van der Waals surface area contributed by atoms with Gasteiger partial charge in [-0.25, -0.2) is 17.8 Å². The summed E-state index contributed by atoms with van der Waals surface area (Å²) in [4.78, 5) is 18.0. The van der Waals surface area contributed by atoms with Crippen molar-refractivity contribution in [3.05, 3.63) is 64.2 Å².